The molecule has 1 amide bonds. The molecule has 1 heterocycles. The van der Waals surface area contributed by atoms with Gasteiger partial charge >= 0.3 is 0 Å². The lowest BCUT2D eigenvalue weighted by Gasteiger charge is -2.19. The summed E-state index contributed by atoms with van der Waals surface area (Å²) in [6.07, 6.45) is 0. The molecule has 0 aliphatic carbocycles. The van der Waals surface area contributed by atoms with Crippen LogP contribution in [-0.2, 0) is 14.8 Å². The molecule has 3 aromatic carbocycles. The molecule has 0 aromatic heterocycles. The summed E-state index contributed by atoms with van der Waals surface area (Å²) in [6.45, 7) is 2.36. The second kappa shape index (κ2) is 10.3. The van der Waals surface area contributed by atoms with Crippen molar-refractivity contribution in [1.29, 1.82) is 0 Å². The van der Waals surface area contributed by atoms with Gasteiger partial charge in [0.05, 0.1) is 9.92 Å². The number of carbonyl (C=O) groups is 1. The van der Waals surface area contributed by atoms with Gasteiger partial charge in [-0.25, -0.2) is 13.1 Å². The van der Waals surface area contributed by atoms with Gasteiger partial charge in [-0.15, -0.1) is 0 Å². The van der Waals surface area contributed by atoms with Crippen LogP contribution in [0.3, 0.4) is 0 Å². The summed E-state index contributed by atoms with van der Waals surface area (Å²) < 4.78 is 44.6. The average molecular weight is 503 g/mol. The Kier molecular flexibility index (Phi) is 7.26. The molecule has 0 bridgehead atoms. The lowest BCUT2D eigenvalue weighted by Crippen LogP contribution is -2.27. The molecule has 10 heteroatoms. The molecule has 1 aliphatic heterocycles. The van der Waals surface area contributed by atoms with Crippen LogP contribution in [-0.4, -0.2) is 34.1 Å². The van der Waals surface area contributed by atoms with Crippen LogP contribution in [0, 0.1) is 0 Å². The van der Waals surface area contributed by atoms with Crippen LogP contribution in [0.5, 0.6) is 17.2 Å². The molecule has 4 rings (SSSR count). The minimum absolute atomic E-state index is 0.00615. The summed E-state index contributed by atoms with van der Waals surface area (Å²) in [7, 11) is -3.82. The van der Waals surface area contributed by atoms with Crippen molar-refractivity contribution < 1.29 is 27.4 Å². The molecule has 0 saturated carbocycles. The topological polar surface area (TPSA) is 103 Å². The fourth-order valence-corrected chi connectivity index (χ4v) is 4.90. The molecule has 0 saturated heterocycles. The van der Waals surface area contributed by atoms with Gasteiger partial charge in [0.15, 0.2) is 18.1 Å². The predicted molar refractivity (Wildman–Crippen MR) is 128 cm³/mol. The predicted octanol–water partition coefficient (Wildman–Crippen LogP) is 4.17. The first kappa shape index (κ1) is 23.9. The molecule has 178 valence electrons. The number of hydrogen-bond acceptors (Lipinski definition) is 6. The Morgan fingerprint density at radius 1 is 1.03 bits per heavy atom. The van der Waals surface area contributed by atoms with Crippen molar-refractivity contribution in [2.24, 2.45) is 0 Å². The van der Waals surface area contributed by atoms with Crippen LogP contribution in [0.15, 0.2) is 71.6 Å². The number of nitrogens with one attached hydrogen (secondary N) is 2. The number of fused-ring (bicyclic) bond motifs is 1. The average Bonchev–Trinajstić information content (AvgIpc) is 2.83. The first-order valence-corrected chi connectivity index (χ1v) is 12.4. The quantitative estimate of drug-likeness (QED) is 0.479. The number of ether oxygens (including phenoxy) is 3. The molecule has 34 heavy (non-hydrogen) atoms. The van der Waals surface area contributed by atoms with Crippen LogP contribution in [0.2, 0.25) is 5.02 Å². The summed E-state index contributed by atoms with van der Waals surface area (Å²) in [6, 6.07) is 18.0. The molecule has 2 N–H and O–H groups in total. The number of rotatable bonds is 8. The van der Waals surface area contributed by atoms with E-state index in [-0.39, 0.29) is 22.3 Å². The number of benzene rings is 3. The molecule has 0 radical (unpaired) electrons. The molecule has 1 aliphatic rings. The third-order valence-electron chi connectivity index (χ3n) is 5.03. The summed E-state index contributed by atoms with van der Waals surface area (Å²) in [5.41, 5.74) is 1.37. The largest absolute Gasteiger partial charge is 0.486 e. The van der Waals surface area contributed by atoms with E-state index in [0.29, 0.717) is 30.4 Å². The van der Waals surface area contributed by atoms with E-state index in [1.165, 1.54) is 18.2 Å². The second-order valence-corrected chi connectivity index (χ2v) is 9.66. The van der Waals surface area contributed by atoms with Gasteiger partial charge in [-0.1, -0.05) is 41.9 Å². The zero-order valence-electron chi connectivity index (χ0n) is 18.3. The summed E-state index contributed by atoms with van der Waals surface area (Å²) in [5.74, 6) is 0.951. The van der Waals surface area contributed by atoms with Gasteiger partial charge in [0, 0.05) is 17.8 Å². The van der Waals surface area contributed by atoms with Gasteiger partial charge in [-0.05, 0) is 42.8 Å². The van der Waals surface area contributed by atoms with Crippen molar-refractivity contribution in [3.05, 3.63) is 77.3 Å². The van der Waals surface area contributed by atoms with Crippen molar-refractivity contribution in [3.63, 3.8) is 0 Å². The third kappa shape index (κ3) is 5.80. The zero-order valence-corrected chi connectivity index (χ0v) is 19.9. The van der Waals surface area contributed by atoms with Crippen LogP contribution in [0.4, 0.5) is 5.69 Å². The van der Waals surface area contributed by atoms with E-state index in [1.54, 1.807) is 25.1 Å². The summed E-state index contributed by atoms with van der Waals surface area (Å²) >= 11 is 6.23. The smallest absolute Gasteiger partial charge is 0.262 e. The Morgan fingerprint density at radius 2 is 1.76 bits per heavy atom. The monoisotopic (exact) mass is 502 g/mol. The van der Waals surface area contributed by atoms with Gasteiger partial charge in [0.25, 0.3) is 5.91 Å². The summed E-state index contributed by atoms with van der Waals surface area (Å²) in [5, 5.41) is 2.78. The Balaban J connectivity index is 1.36. The van der Waals surface area contributed by atoms with E-state index in [1.807, 2.05) is 30.3 Å². The minimum Gasteiger partial charge on any atom is -0.486 e. The van der Waals surface area contributed by atoms with Crippen molar-refractivity contribution in [2.45, 2.75) is 17.9 Å². The maximum absolute atomic E-state index is 12.8. The second-order valence-electron chi connectivity index (χ2n) is 7.54. The van der Waals surface area contributed by atoms with E-state index in [0.717, 1.165) is 5.56 Å². The SMILES string of the molecule is C[C@H](NS(=O)(=O)c1ccc(OCC(=O)Nc2ccc3c(c2)OCCO3)c(Cl)c1)c1ccccc1. The Morgan fingerprint density at radius 3 is 2.50 bits per heavy atom. The van der Waals surface area contributed by atoms with Gasteiger partial charge < -0.3 is 19.5 Å². The van der Waals surface area contributed by atoms with Gasteiger partial charge in [-0.3, -0.25) is 4.79 Å². The molecule has 3 aromatic rings. The fraction of sp³-hybridized carbons (Fsp3) is 0.208. The lowest BCUT2D eigenvalue weighted by atomic mass is 10.1. The van der Waals surface area contributed by atoms with Crippen molar-refractivity contribution in [1.82, 2.24) is 4.72 Å². The normalized spacial score (nSPS) is 13.7. The van der Waals surface area contributed by atoms with Gasteiger partial charge in [0.2, 0.25) is 10.0 Å². The molecule has 1 atom stereocenters. The van der Waals surface area contributed by atoms with Crippen molar-refractivity contribution in [3.8, 4) is 17.2 Å². The van der Waals surface area contributed by atoms with E-state index in [4.69, 9.17) is 25.8 Å². The number of carbonyl (C=O) groups excluding carboxylic acids is 1. The molecular formula is C24H23ClN2O6S. The van der Waals surface area contributed by atoms with E-state index < -0.39 is 22.0 Å². The molecular weight excluding hydrogens is 480 g/mol. The lowest BCUT2D eigenvalue weighted by molar-refractivity contribution is -0.118. The van der Waals surface area contributed by atoms with Crippen LogP contribution >= 0.6 is 11.6 Å². The number of hydrogen-bond donors (Lipinski definition) is 2. The maximum atomic E-state index is 12.8. The number of anilines is 1. The number of amides is 1. The van der Waals surface area contributed by atoms with Gasteiger partial charge in [0.1, 0.15) is 19.0 Å². The van der Waals surface area contributed by atoms with E-state index in [9.17, 15) is 13.2 Å². The highest BCUT2D eigenvalue weighted by molar-refractivity contribution is 7.89. The van der Waals surface area contributed by atoms with Crippen molar-refractivity contribution in [2.75, 3.05) is 25.1 Å². The van der Waals surface area contributed by atoms with E-state index >= 15 is 0 Å². The standard InChI is InChI=1S/C24H23ClN2O6S/c1-16(17-5-3-2-4-6-17)27-34(29,30)19-8-10-21(20(25)14-19)33-15-24(28)26-18-7-9-22-23(13-18)32-12-11-31-22/h2-10,13-14,16,27H,11-12,15H2,1H3,(H,26,28)/t16-/m0/s1. The Hall–Kier alpha value is -3.27. The molecule has 0 unspecified atom stereocenters. The highest BCUT2D eigenvalue weighted by Gasteiger charge is 2.20. The first-order valence-electron chi connectivity index (χ1n) is 10.5. The van der Waals surface area contributed by atoms with E-state index in [2.05, 4.69) is 10.0 Å². The van der Waals surface area contributed by atoms with Gasteiger partial charge in [-0.2, -0.15) is 0 Å². The highest BCUT2D eigenvalue weighted by atomic mass is 35.5. The fourth-order valence-electron chi connectivity index (χ4n) is 3.34. The number of sulfonamides is 1. The highest BCUT2D eigenvalue weighted by Crippen LogP contribution is 2.33. The molecule has 0 fully saturated rings. The Labute approximate surface area is 202 Å². The summed E-state index contributed by atoms with van der Waals surface area (Å²) in [4.78, 5) is 12.3. The zero-order chi connectivity index (χ0) is 24.1. The Bertz CT molecular complexity index is 1280. The number of halogens is 1. The van der Waals surface area contributed by atoms with Crippen LogP contribution in [0.25, 0.3) is 0 Å². The minimum atomic E-state index is -3.82. The first-order chi connectivity index (χ1) is 16.3. The van der Waals surface area contributed by atoms with Crippen LogP contribution in [0.1, 0.15) is 18.5 Å². The molecule has 8 nitrogen and oxygen atoms in total. The van der Waals surface area contributed by atoms with Crippen molar-refractivity contribution >= 4 is 33.2 Å². The third-order valence-corrected chi connectivity index (χ3v) is 6.86. The van der Waals surface area contributed by atoms with Crippen LogP contribution < -0.4 is 24.2 Å². The molecule has 0 spiro atoms. The maximum Gasteiger partial charge on any atom is 0.262 e.